The molecule has 1 aliphatic heterocycles. The molecule has 0 aliphatic carbocycles. The van der Waals surface area contributed by atoms with Gasteiger partial charge in [-0.05, 0) is 18.4 Å². The standard InChI is InChI=1S/C15H15N3OS/c1-20-14-5-3-2-4-12(14)15(19)18-7-6-13-11(9-18)8-16-10-17-13/h2-5,8,10H,6-7,9H2,1H3. The molecule has 4 nitrogen and oxygen atoms in total. The highest BCUT2D eigenvalue weighted by Crippen LogP contribution is 2.24. The molecule has 0 unspecified atom stereocenters. The van der Waals surface area contributed by atoms with E-state index in [1.165, 1.54) is 0 Å². The Morgan fingerprint density at radius 3 is 3.05 bits per heavy atom. The van der Waals surface area contributed by atoms with Gasteiger partial charge in [0.25, 0.3) is 5.91 Å². The fourth-order valence-electron chi connectivity index (χ4n) is 2.43. The number of carbonyl (C=O) groups is 1. The molecular weight excluding hydrogens is 270 g/mol. The average molecular weight is 285 g/mol. The molecule has 0 spiro atoms. The molecule has 20 heavy (non-hydrogen) atoms. The summed E-state index contributed by atoms with van der Waals surface area (Å²) in [6, 6.07) is 7.75. The molecule has 102 valence electrons. The summed E-state index contributed by atoms with van der Waals surface area (Å²) in [6.45, 7) is 1.31. The maximum Gasteiger partial charge on any atom is 0.255 e. The second-order valence-electron chi connectivity index (χ2n) is 4.67. The zero-order valence-electron chi connectivity index (χ0n) is 11.2. The highest BCUT2D eigenvalue weighted by atomic mass is 32.2. The van der Waals surface area contributed by atoms with Gasteiger partial charge in [0.2, 0.25) is 0 Å². The van der Waals surface area contributed by atoms with Crippen LogP contribution in [0.5, 0.6) is 0 Å². The molecule has 1 aliphatic rings. The van der Waals surface area contributed by atoms with Crippen LogP contribution in [0.3, 0.4) is 0 Å². The first-order valence-corrected chi connectivity index (χ1v) is 7.72. The van der Waals surface area contributed by atoms with Gasteiger partial charge in [0.1, 0.15) is 6.33 Å². The van der Waals surface area contributed by atoms with Crippen molar-refractivity contribution in [1.82, 2.24) is 14.9 Å². The molecule has 1 amide bonds. The molecule has 0 atom stereocenters. The minimum Gasteiger partial charge on any atom is -0.334 e. The van der Waals surface area contributed by atoms with Crippen molar-refractivity contribution < 1.29 is 4.79 Å². The van der Waals surface area contributed by atoms with Gasteiger partial charge in [0.05, 0.1) is 11.3 Å². The molecule has 1 aromatic carbocycles. The van der Waals surface area contributed by atoms with E-state index >= 15 is 0 Å². The van der Waals surface area contributed by atoms with Crippen LogP contribution in [-0.2, 0) is 13.0 Å². The molecule has 0 fully saturated rings. The van der Waals surface area contributed by atoms with Crippen molar-refractivity contribution in [3.05, 3.63) is 53.6 Å². The van der Waals surface area contributed by atoms with Gasteiger partial charge in [-0.2, -0.15) is 0 Å². The van der Waals surface area contributed by atoms with Gasteiger partial charge < -0.3 is 4.90 Å². The first-order valence-electron chi connectivity index (χ1n) is 6.49. The van der Waals surface area contributed by atoms with Crippen LogP contribution in [0, 0.1) is 0 Å². The number of hydrogen-bond acceptors (Lipinski definition) is 4. The summed E-state index contributed by atoms with van der Waals surface area (Å²) in [6.07, 6.45) is 6.16. The maximum atomic E-state index is 12.7. The molecule has 2 heterocycles. The number of rotatable bonds is 2. The van der Waals surface area contributed by atoms with Crippen molar-refractivity contribution in [2.45, 2.75) is 17.9 Å². The van der Waals surface area contributed by atoms with Crippen molar-refractivity contribution in [1.29, 1.82) is 0 Å². The van der Waals surface area contributed by atoms with E-state index in [0.717, 1.165) is 28.1 Å². The normalized spacial score (nSPS) is 13.9. The van der Waals surface area contributed by atoms with Crippen LogP contribution in [0.25, 0.3) is 0 Å². The van der Waals surface area contributed by atoms with Crippen molar-refractivity contribution in [3.63, 3.8) is 0 Å². The summed E-state index contributed by atoms with van der Waals surface area (Å²) in [5, 5.41) is 0. The molecule has 0 N–H and O–H groups in total. The van der Waals surface area contributed by atoms with Crippen LogP contribution in [0.4, 0.5) is 0 Å². The lowest BCUT2D eigenvalue weighted by atomic mass is 10.1. The van der Waals surface area contributed by atoms with E-state index in [2.05, 4.69) is 9.97 Å². The lowest BCUT2D eigenvalue weighted by molar-refractivity contribution is 0.0729. The van der Waals surface area contributed by atoms with E-state index < -0.39 is 0 Å². The van der Waals surface area contributed by atoms with Crippen molar-refractivity contribution >= 4 is 17.7 Å². The predicted octanol–water partition coefficient (Wildman–Crippen LogP) is 2.40. The third-order valence-corrected chi connectivity index (χ3v) is 4.28. The first kappa shape index (κ1) is 13.1. The third kappa shape index (κ3) is 2.41. The number of thioether (sulfide) groups is 1. The van der Waals surface area contributed by atoms with Crippen LogP contribution < -0.4 is 0 Å². The molecule has 0 saturated carbocycles. The summed E-state index contributed by atoms with van der Waals surface area (Å²) in [4.78, 5) is 23.9. The Hall–Kier alpha value is -1.88. The molecule has 2 aromatic rings. The second-order valence-corrected chi connectivity index (χ2v) is 5.52. The third-order valence-electron chi connectivity index (χ3n) is 3.49. The Morgan fingerprint density at radius 2 is 2.20 bits per heavy atom. The predicted molar refractivity (Wildman–Crippen MR) is 78.7 cm³/mol. The lowest BCUT2D eigenvalue weighted by Crippen LogP contribution is -2.36. The summed E-state index contributed by atoms with van der Waals surface area (Å²) < 4.78 is 0. The van der Waals surface area contributed by atoms with Gasteiger partial charge in [0.15, 0.2) is 0 Å². The fraction of sp³-hybridized carbons (Fsp3) is 0.267. The fourth-order valence-corrected chi connectivity index (χ4v) is 3.02. The molecule has 0 radical (unpaired) electrons. The molecule has 1 aromatic heterocycles. The Balaban J connectivity index is 1.86. The van der Waals surface area contributed by atoms with Crippen LogP contribution >= 0.6 is 11.8 Å². The van der Waals surface area contributed by atoms with Gasteiger partial charge in [-0.3, -0.25) is 4.79 Å². The largest absolute Gasteiger partial charge is 0.334 e. The number of hydrogen-bond donors (Lipinski definition) is 0. The lowest BCUT2D eigenvalue weighted by Gasteiger charge is -2.28. The number of aromatic nitrogens is 2. The van der Waals surface area contributed by atoms with Crippen LogP contribution in [-0.4, -0.2) is 33.6 Å². The minimum atomic E-state index is 0.0875. The van der Waals surface area contributed by atoms with Gasteiger partial charge in [-0.1, -0.05) is 12.1 Å². The SMILES string of the molecule is CSc1ccccc1C(=O)N1CCc2ncncc2C1. The number of amides is 1. The van der Waals surface area contributed by atoms with Crippen LogP contribution in [0.15, 0.2) is 41.7 Å². The van der Waals surface area contributed by atoms with Crippen LogP contribution in [0.2, 0.25) is 0 Å². The minimum absolute atomic E-state index is 0.0875. The van der Waals surface area contributed by atoms with Gasteiger partial charge in [0, 0.05) is 36.2 Å². The maximum absolute atomic E-state index is 12.7. The zero-order valence-corrected chi connectivity index (χ0v) is 12.1. The van der Waals surface area contributed by atoms with E-state index in [4.69, 9.17) is 0 Å². The molecule has 5 heteroatoms. The number of benzene rings is 1. The second kappa shape index (κ2) is 5.63. The topological polar surface area (TPSA) is 46.1 Å². The summed E-state index contributed by atoms with van der Waals surface area (Å²) >= 11 is 1.60. The number of nitrogens with zero attached hydrogens (tertiary/aromatic N) is 3. The number of fused-ring (bicyclic) bond motifs is 1. The van der Waals surface area contributed by atoms with E-state index in [1.807, 2.05) is 41.6 Å². The highest BCUT2D eigenvalue weighted by Gasteiger charge is 2.23. The van der Waals surface area contributed by atoms with Gasteiger partial charge in [-0.15, -0.1) is 11.8 Å². The number of carbonyl (C=O) groups excluding carboxylic acids is 1. The van der Waals surface area contributed by atoms with E-state index in [-0.39, 0.29) is 5.91 Å². The van der Waals surface area contributed by atoms with E-state index in [9.17, 15) is 4.79 Å². The first-order chi connectivity index (χ1) is 9.79. The summed E-state index contributed by atoms with van der Waals surface area (Å²) in [7, 11) is 0. The van der Waals surface area contributed by atoms with Crippen molar-refractivity contribution in [2.24, 2.45) is 0 Å². The molecule has 0 saturated heterocycles. The van der Waals surface area contributed by atoms with Crippen molar-refractivity contribution in [3.8, 4) is 0 Å². The molecule has 0 bridgehead atoms. The Morgan fingerprint density at radius 1 is 1.35 bits per heavy atom. The Bertz CT molecular complexity index is 645. The quantitative estimate of drug-likeness (QED) is 0.795. The monoisotopic (exact) mass is 285 g/mol. The Labute approximate surface area is 122 Å². The smallest absolute Gasteiger partial charge is 0.255 e. The van der Waals surface area contributed by atoms with Crippen LogP contribution in [0.1, 0.15) is 21.6 Å². The molecular formula is C15H15N3OS. The van der Waals surface area contributed by atoms with E-state index in [1.54, 1.807) is 18.1 Å². The highest BCUT2D eigenvalue weighted by molar-refractivity contribution is 7.98. The Kier molecular flexibility index (Phi) is 3.69. The summed E-state index contributed by atoms with van der Waals surface area (Å²) in [5.41, 5.74) is 2.89. The summed E-state index contributed by atoms with van der Waals surface area (Å²) in [5.74, 6) is 0.0875. The van der Waals surface area contributed by atoms with Crippen molar-refractivity contribution in [2.75, 3.05) is 12.8 Å². The van der Waals surface area contributed by atoms with Gasteiger partial charge in [-0.25, -0.2) is 9.97 Å². The van der Waals surface area contributed by atoms with Gasteiger partial charge >= 0.3 is 0 Å². The molecule has 3 rings (SSSR count). The average Bonchev–Trinajstić information content (AvgIpc) is 2.53. The van der Waals surface area contributed by atoms with E-state index in [0.29, 0.717) is 13.1 Å². The zero-order chi connectivity index (χ0) is 13.9.